The molecule has 22 nitrogen and oxygen atoms in total. The highest BCUT2D eigenvalue weighted by atomic mass is 16.8. The van der Waals surface area contributed by atoms with Crippen molar-refractivity contribution in [3.8, 4) is 0 Å². The van der Waals surface area contributed by atoms with Gasteiger partial charge in [-0.3, -0.25) is 4.79 Å². The Morgan fingerprint density at radius 2 is 0.958 bits per heavy atom. The first-order valence-electron chi connectivity index (χ1n) is 15.1. The summed E-state index contributed by atoms with van der Waals surface area (Å²) in [5.41, 5.74) is 0. The van der Waals surface area contributed by atoms with E-state index in [1.165, 1.54) is 0 Å². The topological polar surface area (TPSA) is 357 Å². The molecule has 4 aliphatic heterocycles. The Morgan fingerprint density at radius 1 is 0.500 bits per heavy atom. The van der Waals surface area contributed by atoms with Crippen molar-refractivity contribution in [1.82, 2.24) is 5.32 Å². The monoisotopic (exact) mass is 707 g/mol. The van der Waals surface area contributed by atoms with Gasteiger partial charge in [0.25, 0.3) is 0 Å². The Morgan fingerprint density at radius 3 is 1.50 bits per heavy atom. The zero-order valence-corrected chi connectivity index (χ0v) is 25.5. The maximum atomic E-state index is 12.2. The van der Waals surface area contributed by atoms with Gasteiger partial charge in [0.15, 0.2) is 25.2 Å². The van der Waals surface area contributed by atoms with Crippen molar-refractivity contribution in [3.63, 3.8) is 0 Å². The van der Waals surface area contributed by atoms with E-state index in [2.05, 4.69) is 5.32 Å². The molecule has 9 unspecified atom stereocenters. The summed E-state index contributed by atoms with van der Waals surface area (Å²) in [6, 6.07) is -1.61. The average Bonchev–Trinajstić information content (AvgIpc) is 3.06. The fourth-order valence-electron chi connectivity index (χ4n) is 5.95. The minimum Gasteiger partial charge on any atom is -0.394 e. The zero-order valence-electron chi connectivity index (χ0n) is 25.5. The molecule has 4 rings (SSSR count). The van der Waals surface area contributed by atoms with E-state index in [-0.39, 0.29) is 0 Å². The summed E-state index contributed by atoms with van der Waals surface area (Å²) in [5.74, 6) is -0.755. The lowest BCUT2D eigenvalue weighted by atomic mass is 9.94. The normalized spacial score (nSPS) is 50.2. The Bertz CT molecular complexity index is 1030. The molecule has 0 bridgehead atoms. The number of ether oxygens (including phenoxy) is 7. The lowest BCUT2D eigenvalue weighted by molar-refractivity contribution is -0.380. The van der Waals surface area contributed by atoms with Gasteiger partial charge in [-0.1, -0.05) is 0 Å². The van der Waals surface area contributed by atoms with Crippen molar-refractivity contribution < 1.29 is 104 Å². The Hall–Kier alpha value is -1.33. The second-order valence-corrected chi connectivity index (χ2v) is 11.9. The molecule has 14 N–H and O–H groups in total. The van der Waals surface area contributed by atoms with Gasteiger partial charge < -0.3 is 105 Å². The van der Waals surface area contributed by atoms with Crippen LogP contribution in [0, 0.1) is 0 Å². The maximum Gasteiger partial charge on any atom is 0.217 e. The predicted octanol–water partition coefficient (Wildman–Crippen LogP) is -9.61. The highest BCUT2D eigenvalue weighted by Gasteiger charge is 2.55. The lowest BCUT2D eigenvalue weighted by Gasteiger charge is -2.49. The largest absolute Gasteiger partial charge is 0.394 e. The highest BCUT2D eigenvalue weighted by Crippen LogP contribution is 2.34. The number of nitrogens with one attached hydrogen (secondary N) is 1. The second-order valence-electron chi connectivity index (χ2n) is 11.9. The number of aliphatic hydroxyl groups is 13. The van der Waals surface area contributed by atoms with Gasteiger partial charge >= 0.3 is 0 Å². The quantitative estimate of drug-likeness (QED) is 0.0947. The van der Waals surface area contributed by atoms with Crippen LogP contribution in [0.3, 0.4) is 0 Å². The van der Waals surface area contributed by atoms with Crippen molar-refractivity contribution in [3.05, 3.63) is 0 Å². The third kappa shape index (κ3) is 8.08. The second kappa shape index (κ2) is 16.8. The summed E-state index contributed by atoms with van der Waals surface area (Å²) in [4.78, 5) is 12.2. The SMILES string of the molecule is CC(=O)N[C@H]1C(O)[C@H](O[C@@H]2OC(CO)[C@H](O)C(O)[C@@H]2O)C(CO)O[C@H]1OC1[C@@H](O)C(CO)O[C@@H](O[C@@H]2C(CO)OC(O)[C@@H](O)C2O)[C@H]1O. The van der Waals surface area contributed by atoms with Crippen LogP contribution in [0.5, 0.6) is 0 Å². The van der Waals surface area contributed by atoms with E-state index >= 15 is 0 Å². The first-order valence-corrected chi connectivity index (χ1v) is 15.1. The van der Waals surface area contributed by atoms with Gasteiger partial charge in [-0.05, 0) is 0 Å². The molecule has 0 aliphatic carbocycles. The fourth-order valence-corrected chi connectivity index (χ4v) is 5.95. The highest BCUT2D eigenvalue weighted by molar-refractivity contribution is 5.73. The Kier molecular flexibility index (Phi) is 13.8. The molecule has 4 heterocycles. The van der Waals surface area contributed by atoms with Gasteiger partial charge in [0.2, 0.25) is 5.91 Å². The molecule has 4 saturated heterocycles. The van der Waals surface area contributed by atoms with Crippen molar-refractivity contribution in [2.24, 2.45) is 0 Å². The number of carbonyl (C=O) groups is 1. The molecule has 0 saturated carbocycles. The number of carbonyl (C=O) groups excluding carboxylic acids is 1. The summed E-state index contributed by atoms with van der Waals surface area (Å²) < 4.78 is 38.5. The van der Waals surface area contributed by atoms with E-state index in [1.807, 2.05) is 0 Å². The van der Waals surface area contributed by atoms with Crippen molar-refractivity contribution in [2.45, 2.75) is 130 Å². The summed E-state index contributed by atoms with van der Waals surface area (Å²) in [6.45, 7) is -2.37. The maximum absolute atomic E-state index is 12.2. The molecule has 0 aromatic rings. The Labute approximate surface area is 272 Å². The first kappa shape index (κ1) is 39.5. The molecule has 48 heavy (non-hydrogen) atoms. The van der Waals surface area contributed by atoms with Gasteiger partial charge in [0, 0.05) is 6.92 Å². The van der Waals surface area contributed by atoms with E-state index in [4.69, 9.17) is 33.2 Å². The van der Waals surface area contributed by atoms with Crippen LogP contribution in [0.4, 0.5) is 0 Å². The zero-order chi connectivity index (χ0) is 35.6. The number of aliphatic hydroxyl groups excluding tert-OH is 13. The summed E-state index contributed by atoms with van der Waals surface area (Å²) in [6.07, 6.45) is -33.5. The van der Waals surface area contributed by atoms with Crippen molar-refractivity contribution >= 4 is 5.91 Å². The van der Waals surface area contributed by atoms with Crippen LogP contribution >= 0.6 is 0 Å². The molecule has 4 fully saturated rings. The molecule has 22 heteroatoms. The summed E-state index contributed by atoms with van der Waals surface area (Å²) in [7, 11) is 0. The smallest absolute Gasteiger partial charge is 0.217 e. The van der Waals surface area contributed by atoms with Crippen LogP contribution in [0.1, 0.15) is 6.92 Å². The molecule has 0 radical (unpaired) electrons. The van der Waals surface area contributed by atoms with Crippen LogP contribution in [0.15, 0.2) is 0 Å². The van der Waals surface area contributed by atoms with Crippen molar-refractivity contribution in [1.29, 1.82) is 0 Å². The molecule has 0 spiro atoms. The minimum atomic E-state index is -2.02. The molecule has 20 atom stereocenters. The summed E-state index contributed by atoms with van der Waals surface area (Å²) >= 11 is 0. The molecule has 4 aliphatic rings. The molecule has 280 valence electrons. The van der Waals surface area contributed by atoms with Gasteiger partial charge in [0.1, 0.15) is 97.6 Å². The van der Waals surface area contributed by atoms with Crippen LogP contribution < -0.4 is 5.32 Å². The van der Waals surface area contributed by atoms with Gasteiger partial charge in [0.05, 0.1) is 26.4 Å². The molecule has 0 aromatic carbocycles. The van der Waals surface area contributed by atoms with Gasteiger partial charge in [-0.15, -0.1) is 0 Å². The first-order chi connectivity index (χ1) is 22.7. The summed E-state index contributed by atoms with van der Waals surface area (Å²) in [5, 5.41) is 136. The van der Waals surface area contributed by atoms with E-state index in [0.717, 1.165) is 6.92 Å². The molecule has 0 aromatic heterocycles. The van der Waals surface area contributed by atoms with Crippen LogP contribution in [-0.4, -0.2) is 221 Å². The van der Waals surface area contributed by atoms with Crippen molar-refractivity contribution in [2.75, 3.05) is 26.4 Å². The standard InChI is InChI=1S/C26H45NO21/c1-6(32)27-11-14(35)20(46-25-18(39)15(36)12(33)7(2-28)43-25)10(5-31)45-24(11)48-22-13(34)8(3-29)44-26(19(22)40)47-21-9(4-30)42-23(41)17(38)16(21)37/h7-26,28-31,33-41H,2-5H2,1H3,(H,27,32)/t7?,8?,9?,10?,11-,12-,13-,14?,15?,16?,17-,18-,19-,20+,21+,22?,23?,24-,25-,26-/m0/s1. The number of rotatable bonds is 11. The lowest BCUT2D eigenvalue weighted by Crippen LogP contribution is -2.69. The van der Waals surface area contributed by atoms with E-state index in [9.17, 15) is 71.2 Å². The van der Waals surface area contributed by atoms with E-state index < -0.39 is 155 Å². The third-order valence-electron chi connectivity index (χ3n) is 8.61. The van der Waals surface area contributed by atoms with E-state index in [1.54, 1.807) is 0 Å². The minimum absolute atomic E-state index is 0.755. The van der Waals surface area contributed by atoms with Crippen LogP contribution in [0.2, 0.25) is 0 Å². The van der Waals surface area contributed by atoms with Crippen LogP contribution in [-0.2, 0) is 38.0 Å². The molecular formula is C26H45NO21. The number of amides is 1. The fraction of sp³-hybridized carbons (Fsp3) is 0.962. The third-order valence-corrected chi connectivity index (χ3v) is 8.61. The number of hydrogen-bond donors (Lipinski definition) is 14. The predicted molar refractivity (Wildman–Crippen MR) is 145 cm³/mol. The van der Waals surface area contributed by atoms with Gasteiger partial charge in [-0.2, -0.15) is 0 Å². The van der Waals surface area contributed by atoms with E-state index in [0.29, 0.717) is 0 Å². The average molecular weight is 708 g/mol. The van der Waals surface area contributed by atoms with Gasteiger partial charge in [-0.25, -0.2) is 0 Å². The molecular weight excluding hydrogens is 662 g/mol. The Balaban J connectivity index is 1.56. The van der Waals surface area contributed by atoms with Crippen LogP contribution in [0.25, 0.3) is 0 Å². The number of hydrogen-bond acceptors (Lipinski definition) is 21. The molecule has 1 amide bonds.